The van der Waals surface area contributed by atoms with Crippen LogP contribution in [0.5, 0.6) is 5.75 Å². The summed E-state index contributed by atoms with van der Waals surface area (Å²) in [7, 11) is 1.50. The van der Waals surface area contributed by atoms with Crippen LogP contribution in [0, 0.1) is 0 Å². The van der Waals surface area contributed by atoms with Crippen LogP contribution in [0.1, 0.15) is 42.1 Å². The normalized spacial score (nSPS) is 11.8. The number of halogens is 2. The third-order valence-electron chi connectivity index (χ3n) is 5.69. The summed E-state index contributed by atoms with van der Waals surface area (Å²) >= 11 is 15.1. The van der Waals surface area contributed by atoms with E-state index in [1.165, 1.54) is 12.7 Å². The zero-order chi connectivity index (χ0) is 25.1. The van der Waals surface area contributed by atoms with Gasteiger partial charge in [-0.2, -0.15) is 0 Å². The number of carbonyl (C=O) groups excluding carboxylic acids is 1. The van der Waals surface area contributed by atoms with Crippen LogP contribution in [0.15, 0.2) is 63.5 Å². The standard InChI is InChI=1S/C26H23BrClN3O3S/c1-4-14(2)15-6-9-23-21(11-15)29-25(34-23)16-5-8-19(28)20(12-16)30-26(35)31-24(32)18-13-17(27)7-10-22(18)33-3/h5-14H,4H2,1-3H3,(H2,30,31,32,35)/t14-/m0/s1. The molecule has 0 aliphatic rings. The van der Waals surface area contributed by atoms with Crippen LogP contribution in [-0.2, 0) is 0 Å². The van der Waals surface area contributed by atoms with Crippen molar-refractivity contribution in [2.45, 2.75) is 26.2 Å². The maximum atomic E-state index is 12.7. The Labute approximate surface area is 222 Å². The second kappa shape index (κ2) is 10.8. The molecule has 9 heteroatoms. The molecule has 6 nitrogen and oxygen atoms in total. The first kappa shape index (κ1) is 25.2. The second-order valence-electron chi connectivity index (χ2n) is 8.00. The number of aromatic nitrogens is 1. The molecule has 2 N–H and O–H groups in total. The summed E-state index contributed by atoms with van der Waals surface area (Å²) in [6.45, 7) is 4.35. The lowest BCUT2D eigenvalue weighted by Crippen LogP contribution is -2.34. The van der Waals surface area contributed by atoms with Gasteiger partial charge in [0.2, 0.25) is 5.89 Å². The van der Waals surface area contributed by atoms with Crippen molar-refractivity contribution in [3.05, 3.63) is 75.2 Å². The number of nitrogens with zero attached hydrogens (tertiary/aromatic N) is 1. The minimum Gasteiger partial charge on any atom is -0.496 e. The molecule has 1 aromatic heterocycles. The fourth-order valence-electron chi connectivity index (χ4n) is 3.55. The Morgan fingerprint density at radius 1 is 1.20 bits per heavy atom. The Hall–Kier alpha value is -2.94. The van der Waals surface area contributed by atoms with Crippen molar-refractivity contribution in [3.8, 4) is 17.2 Å². The summed E-state index contributed by atoms with van der Waals surface area (Å²) in [5.74, 6) is 0.930. The number of fused-ring (bicyclic) bond motifs is 1. The third kappa shape index (κ3) is 5.66. The molecule has 0 saturated carbocycles. The van der Waals surface area contributed by atoms with Crippen LogP contribution in [0.3, 0.4) is 0 Å². The molecule has 4 aromatic rings. The van der Waals surface area contributed by atoms with E-state index in [-0.39, 0.29) is 5.11 Å². The molecular formula is C26H23BrClN3O3S. The van der Waals surface area contributed by atoms with E-state index in [1.807, 2.05) is 12.1 Å². The van der Waals surface area contributed by atoms with Crippen molar-refractivity contribution in [2.75, 3.05) is 12.4 Å². The fraction of sp³-hybridized carbons (Fsp3) is 0.192. The van der Waals surface area contributed by atoms with E-state index < -0.39 is 5.91 Å². The van der Waals surface area contributed by atoms with Gasteiger partial charge in [0.1, 0.15) is 11.3 Å². The van der Waals surface area contributed by atoms with E-state index in [1.54, 1.807) is 30.3 Å². The molecule has 0 unspecified atom stereocenters. The summed E-state index contributed by atoms with van der Waals surface area (Å²) in [5.41, 5.74) is 4.31. The Kier molecular flexibility index (Phi) is 7.74. The smallest absolute Gasteiger partial charge is 0.261 e. The fourth-order valence-corrected chi connectivity index (χ4v) is 4.27. The molecule has 35 heavy (non-hydrogen) atoms. The van der Waals surface area contributed by atoms with E-state index in [0.717, 1.165) is 22.0 Å². The van der Waals surface area contributed by atoms with Gasteiger partial charge >= 0.3 is 0 Å². The van der Waals surface area contributed by atoms with Crippen LogP contribution in [0.2, 0.25) is 5.02 Å². The topological polar surface area (TPSA) is 76.4 Å². The minimum atomic E-state index is -0.413. The molecule has 0 aliphatic carbocycles. The zero-order valence-electron chi connectivity index (χ0n) is 19.3. The molecule has 0 radical (unpaired) electrons. The Bertz CT molecular complexity index is 1420. The van der Waals surface area contributed by atoms with Gasteiger partial charge in [0.05, 0.1) is 23.4 Å². The molecule has 1 amide bonds. The average molecular weight is 573 g/mol. The van der Waals surface area contributed by atoms with Gasteiger partial charge < -0.3 is 14.5 Å². The highest BCUT2D eigenvalue weighted by molar-refractivity contribution is 9.10. The molecule has 3 aromatic carbocycles. The van der Waals surface area contributed by atoms with Crippen LogP contribution < -0.4 is 15.4 Å². The summed E-state index contributed by atoms with van der Waals surface area (Å²) in [6.07, 6.45) is 1.05. The molecular weight excluding hydrogens is 550 g/mol. The Morgan fingerprint density at radius 2 is 2.00 bits per heavy atom. The van der Waals surface area contributed by atoms with Gasteiger partial charge in [0, 0.05) is 10.0 Å². The molecule has 0 fully saturated rings. The van der Waals surface area contributed by atoms with Crippen molar-refractivity contribution >= 4 is 67.6 Å². The van der Waals surface area contributed by atoms with Crippen LogP contribution in [-0.4, -0.2) is 23.1 Å². The number of hydrogen-bond donors (Lipinski definition) is 2. The highest BCUT2D eigenvalue weighted by Gasteiger charge is 2.16. The number of rotatable bonds is 6. The molecule has 0 aliphatic heterocycles. The lowest BCUT2D eigenvalue weighted by molar-refractivity contribution is 0.0974. The second-order valence-corrected chi connectivity index (χ2v) is 9.73. The number of ether oxygens (including phenoxy) is 1. The lowest BCUT2D eigenvalue weighted by atomic mass is 9.98. The Morgan fingerprint density at radius 3 is 2.74 bits per heavy atom. The zero-order valence-corrected chi connectivity index (χ0v) is 22.5. The van der Waals surface area contributed by atoms with Crippen LogP contribution >= 0.6 is 39.7 Å². The van der Waals surface area contributed by atoms with Gasteiger partial charge in [-0.25, -0.2) is 4.98 Å². The van der Waals surface area contributed by atoms with Crippen molar-refractivity contribution in [3.63, 3.8) is 0 Å². The number of nitrogens with one attached hydrogen (secondary N) is 2. The molecule has 0 bridgehead atoms. The van der Waals surface area contributed by atoms with Crippen molar-refractivity contribution < 1.29 is 13.9 Å². The van der Waals surface area contributed by atoms with Gasteiger partial charge in [-0.15, -0.1) is 0 Å². The average Bonchev–Trinajstić information content (AvgIpc) is 3.28. The Balaban J connectivity index is 1.54. The number of methoxy groups -OCH3 is 1. The minimum absolute atomic E-state index is 0.0897. The largest absolute Gasteiger partial charge is 0.496 e. The predicted molar refractivity (Wildman–Crippen MR) is 148 cm³/mol. The molecule has 0 spiro atoms. The van der Waals surface area contributed by atoms with Gasteiger partial charge in [-0.05, 0) is 78.7 Å². The first-order valence-electron chi connectivity index (χ1n) is 10.9. The highest BCUT2D eigenvalue weighted by Crippen LogP contribution is 2.32. The van der Waals surface area contributed by atoms with Gasteiger partial charge in [0.25, 0.3) is 5.91 Å². The SMILES string of the molecule is CC[C@H](C)c1ccc2oc(-c3ccc(Cl)c(NC(=S)NC(=O)c4cc(Br)ccc4OC)c3)nc2c1. The number of thiocarbonyl (C=S) groups is 1. The summed E-state index contributed by atoms with van der Waals surface area (Å²) in [5, 5.41) is 6.16. The van der Waals surface area contributed by atoms with Gasteiger partial charge in [-0.3, -0.25) is 10.1 Å². The summed E-state index contributed by atoms with van der Waals surface area (Å²) in [6, 6.07) is 16.5. The maximum absolute atomic E-state index is 12.7. The number of hydrogen-bond acceptors (Lipinski definition) is 5. The molecule has 1 heterocycles. The van der Waals surface area contributed by atoms with Crippen LogP contribution in [0.4, 0.5) is 5.69 Å². The van der Waals surface area contributed by atoms with Gasteiger partial charge in [-0.1, -0.05) is 47.4 Å². The third-order valence-corrected chi connectivity index (χ3v) is 6.71. The number of anilines is 1. The van der Waals surface area contributed by atoms with E-state index in [0.29, 0.717) is 39.4 Å². The molecule has 0 saturated heterocycles. The number of benzene rings is 3. The predicted octanol–water partition coefficient (Wildman–Crippen LogP) is 7.56. The summed E-state index contributed by atoms with van der Waals surface area (Å²) < 4.78 is 12.0. The number of amides is 1. The van der Waals surface area contributed by atoms with E-state index >= 15 is 0 Å². The van der Waals surface area contributed by atoms with Crippen LogP contribution in [0.25, 0.3) is 22.6 Å². The number of oxazole rings is 1. The maximum Gasteiger partial charge on any atom is 0.261 e. The van der Waals surface area contributed by atoms with Gasteiger partial charge in [0.15, 0.2) is 10.7 Å². The first-order valence-corrected chi connectivity index (χ1v) is 12.5. The number of carbonyl (C=O) groups is 1. The van der Waals surface area contributed by atoms with Crippen molar-refractivity contribution in [2.24, 2.45) is 0 Å². The highest BCUT2D eigenvalue weighted by atomic mass is 79.9. The van der Waals surface area contributed by atoms with E-state index in [9.17, 15) is 4.79 Å². The lowest BCUT2D eigenvalue weighted by Gasteiger charge is -2.13. The monoisotopic (exact) mass is 571 g/mol. The molecule has 180 valence electrons. The van der Waals surface area contributed by atoms with Crippen molar-refractivity contribution in [1.82, 2.24) is 10.3 Å². The molecule has 1 atom stereocenters. The summed E-state index contributed by atoms with van der Waals surface area (Å²) in [4.78, 5) is 17.4. The van der Waals surface area contributed by atoms with Crippen molar-refractivity contribution in [1.29, 1.82) is 0 Å². The van der Waals surface area contributed by atoms with E-state index in [4.69, 9.17) is 33.0 Å². The first-order chi connectivity index (χ1) is 16.8. The quantitative estimate of drug-likeness (QED) is 0.232. The van der Waals surface area contributed by atoms with E-state index in [2.05, 4.69) is 57.5 Å². The molecule has 4 rings (SSSR count).